The molecule has 1 amide bonds. The van der Waals surface area contributed by atoms with Gasteiger partial charge >= 0.3 is 6.18 Å². The Balaban J connectivity index is 1.43. The van der Waals surface area contributed by atoms with E-state index in [1.54, 1.807) is 13.8 Å². The van der Waals surface area contributed by atoms with Gasteiger partial charge in [-0.05, 0) is 31.5 Å². The van der Waals surface area contributed by atoms with Crippen molar-refractivity contribution in [3.8, 4) is 0 Å². The molecule has 12 heteroatoms. The van der Waals surface area contributed by atoms with E-state index in [9.17, 15) is 22.8 Å². The molecule has 178 valence electrons. The zero-order valence-electron chi connectivity index (χ0n) is 18.4. The second-order valence-corrected chi connectivity index (χ2v) is 7.81. The molecule has 0 aliphatic heterocycles. The molecule has 0 radical (unpaired) electrons. The van der Waals surface area contributed by atoms with Crippen LogP contribution in [0.2, 0.25) is 0 Å². The minimum absolute atomic E-state index is 0.0609. The highest BCUT2D eigenvalue weighted by Gasteiger charge is 2.30. The summed E-state index contributed by atoms with van der Waals surface area (Å²) < 4.78 is 46.6. The molecular formula is C22H21F3N6O3. The molecule has 0 saturated heterocycles. The van der Waals surface area contributed by atoms with Crippen LogP contribution < -0.4 is 10.9 Å². The Kier molecular flexibility index (Phi) is 6.22. The number of carbonyl (C=O) groups excluding carboxylic acids is 1. The lowest BCUT2D eigenvalue weighted by Gasteiger charge is -2.10. The summed E-state index contributed by atoms with van der Waals surface area (Å²) in [5.41, 5.74) is 0.852. The maximum atomic E-state index is 13.0. The predicted octanol–water partition coefficient (Wildman–Crippen LogP) is 2.62. The van der Waals surface area contributed by atoms with E-state index in [4.69, 9.17) is 4.52 Å². The molecule has 0 aliphatic rings. The van der Waals surface area contributed by atoms with Crippen molar-refractivity contribution in [1.29, 1.82) is 0 Å². The van der Waals surface area contributed by atoms with Gasteiger partial charge in [-0.25, -0.2) is 9.67 Å². The monoisotopic (exact) mass is 474 g/mol. The molecule has 3 aromatic heterocycles. The van der Waals surface area contributed by atoms with Crippen molar-refractivity contribution in [3.63, 3.8) is 0 Å². The Morgan fingerprint density at radius 1 is 1.24 bits per heavy atom. The van der Waals surface area contributed by atoms with Gasteiger partial charge in [-0.2, -0.15) is 18.3 Å². The van der Waals surface area contributed by atoms with E-state index in [0.717, 1.165) is 17.7 Å². The van der Waals surface area contributed by atoms with E-state index >= 15 is 0 Å². The summed E-state index contributed by atoms with van der Waals surface area (Å²) >= 11 is 0. The molecule has 34 heavy (non-hydrogen) atoms. The number of alkyl halides is 3. The Labute approximate surface area is 191 Å². The Bertz CT molecular complexity index is 1380. The van der Waals surface area contributed by atoms with Gasteiger partial charge in [-0.1, -0.05) is 17.3 Å². The molecule has 0 saturated carbocycles. The van der Waals surface area contributed by atoms with Crippen LogP contribution in [0.4, 0.5) is 13.2 Å². The number of fused-ring (bicyclic) bond motifs is 1. The third kappa shape index (κ3) is 4.85. The molecular weight excluding hydrogens is 453 g/mol. The SMILES string of the molecule is Cc1noc(C)c1CC(=O)NCCn1ncc2c(=O)n(Cc3cccc(C(F)(F)F)c3)cnc21. The van der Waals surface area contributed by atoms with Crippen LogP contribution in [-0.2, 0) is 30.5 Å². The number of carbonyl (C=O) groups is 1. The van der Waals surface area contributed by atoms with E-state index in [0.29, 0.717) is 22.7 Å². The predicted molar refractivity (Wildman–Crippen MR) is 115 cm³/mol. The minimum atomic E-state index is -4.47. The summed E-state index contributed by atoms with van der Waals surface area (Å²) in [7, 11) is 0. The minimum Gasteiger partial charge on any atom is -0.361 e. The molecule has 0 fully saturated rings. The van der Waals surface area contributed by atoms with Crippen LogP contribution in [0.1, 0.15) is 28.1 Å². The lowest BCUT2D eigenvalue weighted by atomic mass is 10.1. The smallest absolute Gasteiger partial charge is 0.361 e. The number of amides is 1. The van der Waals surface area contributed by atoms with E-state index in [1.165, 1.54) is 33.9 Å². The first kappa shape index (κ1) is 23.2. The van der Waals surface area contributed by atoms with Crippen LogP contribution in [0.15, 0.2) is 46.1 Å². The standard InChI is InChI=1S/C22H21F3N6O3/c1-13-17(14(2)34-29-13)9-19(32)26-6-7-31-20-18(10-28-31)21(33)30(12-27-20)11-15-4-3-5-16(8-15)22(23,24)25/h3-5,8,10,12H,6-7,9,11H2,1-2H3,(H,26,32). The fraction of sp³-hybridized carbons (Fsp3) is 0.318. The first-order valence-corrected chi connectivity index (χ1v) is 10.4. The van der Waals surface area contributed by atoms with E-state index in [-0.39, 0.29) is 37.3 Å². The quantitative estimate of drug-likeness (QED) is 0.441. The van der Waals surface area contributed by atoms with Gasteiger partial charge in [-0.3, -0.25) is 14.2 Å². The molecule has 9 nitrogen and oxygen atoms in total. The lowest BCUT2D eigenvalue weighted by Crippen LogP contribution is -2.29. The molecule has 1 aromatic carbocycles. The fourth-order valence-electron chi connectivity index (χ4n) is 3.59. The Hall–Kier alpha value is -3.96. The topological polar surface area (TPSA) is 108 Å². The third-order valence-corrected chi connectivity index (χ3v) is 5.39. The van der Waals surface area contributed by atoms with Gasteiger partial charge in [0.2, 0.25) is 5.91 Å². The van der Waals surface area contributed by atoms with Crippen molar-refractivity contribution in [2.24, 2.45) is 0 Å². The van der Waals surface area contributed by atoms with Crippen LogP contribution in [-0.4, -0.2) is 36.9 Å². The van der Waals surface area contributed by atoms with Crippen LogP contribution in [0, 0.1) is 13.8 Å². The van der Waals surface area contributed by atoms with Gasteiger partial charge in [0.25, 0.3) is 5.56 Å². The summed E-state index contributed by atoms with van der Waals surface area (Å²) in [5.74, 6) is 0.388. The maximum Gasteiger partial charge on any atom is 0.416 e. The lowest BCUT2D eigenvalue weighted by molar-refractivity contribution is -0.137. The Morgan fingerprint density at radius 3 is 2.74 bits per heavy atom. The van der Waals surface area contributed by atoms with Gasteiger partial charge < -0.3 is 9.84 Å². The van der Waals surface area contributed by atoms with Crippen molar-refractivity contribution >= 4 is 16.9 Å². The summed E-state index contributed by atoms with van der Waals surface area (Å²) in [6.45, 7) is 3.98. The molecule has 0 spiro atoms. The molecule has 0 unspecified atom stereocenters. The van der Waals surface area contributed by atoms with Gasteiger partial charge in [0.15, 0.2) is 5.65 Å². The number of rotatable bonds is 7. The van der Waals surface area contributed by atoms with Gasteiger partial charge in [0, 0.05) is 12.1 Å². The molecule has 1 N–H and O–H groups in total. The summed E-state index contributed by atoms with van der Waals surface area (Å²) in [6.07, 6.45) is -1.69. The molecule has 4 rings (SSSR count). The zero-order valence-corrected chi connectivity index (χ0v) is 18.4. The molecule has 4 aromatic rings. The number of halogens is 3. The van der Waals surface area contributed by atoms with Crippen molar-refractivity contribution < 1.29 is 22.5 Å². The summed E-state index contributed by atoms with van der Waals surface area (Å²) in [4.78, 5) is 29.3. The first-order valence-electron chi connectivity index (χ1n) is 10.4. The van der Waals surface area contributed by atoms with Crippen LogP contribution >= 0.6 is 0 Å². The zero-order chi connectivity index (χ0) is 24.5. The average Bonchev–Trinajstić information content (AvgIpc) is 3.34. The van der Waals surface area contributed by atoms with Crippen LogP contribution in [0.5, 0.6) is 0 Å². The molecule has 0 bridgehead atoms. The van der Waals surface area contributed by atoms with E-state index < -0.39 is 17.3 Å². The number of aryl methyl sites for hydroxylation is 2. The number of hydrogen-bond acceptors (Lipinski definition) is 6. The molecule has 0 atom stereocenters. The highest BCUT2D eigenvalue weighted by atomic mass is 19.4. The number of nitrogens with zero attached hydrogens (tertiary/aromatic N) is 5. The maximum absolute atomic E-state index is 13.0. The van der Waals surface area contributed by atoms with Crippen LogP contribution in [0.25, 0.3) is 11.0 Å². The summed E-state index contributed by atoms with van der Waals surface area (Å²) in [6, 6.07) is 4.80. The molecule has 3 heterocycles. The number of benzene rings is 1. The third-order valence-electron chi connectivity index (χ3n) is 5.39. The van der Waals surface area contributed by atoms with Gasteiger partial charge in [0.1, 0.15) is 17.5 Å². The van der Waals surface area contributed by atoms with Gasteiger partial charge in [0.05, 0.1) is 37.0 Å². The van der Waals surface area contributed by atoms with Gasteiger partial charge in [-0.15, -0.1) is 0 Å². The van der Waals surface area contributed by atoms with Crippen LogP contribution in [0.3, 0.4) is 0 Å². The second kappa shape index (κ2) is 9.12. The normalized spacial score (nSPS) is 11.8. The number of hydrogen-bond donors (Lipinski definition) is 1. The fourth-order valence-corrected chi connectivity index (χ4v) is 3.59. The van der Waals surface area contributed by atoms with Crippen molar-refractivity contribution in [3.05, 3.63) is 75.3 Å². The second-order valence-electron chi connectivity index (χ2n) is 7.81. The highest BCUT2D eigenvalue weighted by Crippen LogP contribution is 2.29. The van der Waals surface area contributed by atoms with E-state index in [1.807, 2.05) is 0 Å². The number of aromatic nitrogens is 5. The number of nitrogens with one attached hydrogen (secondary N) is 1. The van der Waals surface area contributed by atoms with Crippen molar-refractivity contribution in [2.45, 2.75) is 39.5 Å². The van der Waals surface area contributed by atoms with Crippen molar-refractivity contribution in [1.82, 2.24) is 29.8 Å². The van der Waals surface area contributed by atoms with E-state index in [2.05, 4.69) is 20.6 Å². The largest absolute Gasteiger partial charge is 0.416 e. The van der Waals surface area contributed by atoms with Crippen molar-refractivity contribution in [2.75, 3.05) is 6.54 Å². The average molecular weight is 474 g/mol. The molecule has 0 aliphatic carbocycles. The highest BCUT2D eigenvalue weighted by molar-refractivity contribution is 5.79. The first-order chi connectivity index (χ1) is 16.1. The summed E-state index contributed by atoms with van der Waals surface area (Å²) in [5, 5.41) is 11.0. The Morgan fingerprint density at radius 2 is 2.03 bits per heavy atom.